The van der Waals surface area contributed by atoms with Gasteiger partial charge in [-0.3, -0.25) is 9.78 Å². The Morgan fingerprint density at radius 3 is 2.94 bits per heavy atom. The molecule has 2 unspecified atom stereocenters. The Bertz CT molecular complexity index is 419. The molecule has 0 aromatic carbocycles. The van der Waals surface area contributed by atoms with Crippen LogP contribution in [-0.4, -0.2) is 42.1 Å². The molecule has 0 saturated carbocycles. The van der Waals surface area contributed by atoms with Crippen molar-refractivity contribution in [3.63, 3.8) is 0 Å². The summed E-state index contributed by atoms with van der Waals surface area (Å²) in [6, 6.07) is 3.68. The summed E-state index contributed by atoms with van der Waals surface area (Å²) in [7, 11) is 1.63. The molecule has 1 aliphatic heterocycles. The molecule has 0 spiro atoms. The van der Waals surface area contributed by atoms with E-state index in [-0.39, 0.29) is 18.0 Å². The molecule has 5 heteroatoms. The summed E-state index contributed by atoms with van der Waals surface area (Å²) in [4.78, 5) is 18.0. The van der Waals surface area contributed by atoms with E-state index in [2.05, 4.69) is 4.98 Å². The van der Waals surface area contributed by atoms with Crippen LogP contribution < -0.4 is 5.73 Å². The minimum atomic E-state index is -0.168. The number of nitrogens with zero attached hydrogens (tertiary/aromatic N) is 2. The molecule has 1 amide bonds. The second-order valence-electron chi connectivity index (χ2n) is 4.63. The predicted molar refractivity (Wildman–Crippen MR) is 67.9 cm³/mol. The summed E-state index contributed by atoms with van der Waals surface area (Å²) in [5.74, 6) is 0.0881. The third-order valence-corrected chi connectivity index (χ3v) is 3.28. The highest BCUT2D eigenvalue weighted by molar-refractivity contribution is 5.80. The van der Waals surface area contributed by atoms with Gasteiger partial charge in [0.25, 0.3) is 0 Å². The van der Waals surface area contributed by atoms with Crippen LogP contribution in [-0.2, 0) is 9.53 Å². The first-order chi connectivity index (χ1) is 8.63. The van der Waals surface area contributed by atoms with Gasteiger partial charge in [0.05, 0.1) is 12.6 Å². The van der Waals surface area contributed by atoms with Crippen LogP contribution in [0.5, 0.6) is 0 Å². The van der Waals surface area contributed by atoms with Gasteiger partial charge in [0.2, 0.25) is 5.91 Å². The van der Waals surface area contributed by atoms with Gasteiger partial charge >= 0.3 is 0 Å². The van der Waals surface area contributed by atoms with Crippen molar-refractivity contribution in [3.8, 4) is 0 Å². The summed E-state index contributed by atoms with van der Waals surface area (Å²) < 4.78 is 5.04. The summed E-state index contributed by atoms with van der Waals surface area (Å²) in [5.41, 5.74) is 8.02. The standard InChI is InChI=1S/C13H19N3O2/c1-9-3-4-10(8-15-9)13-11(14)7-12(17)16(13)5-6-18-2/h3-4,8,11,13H,5-7,14H2,1-2H3. The Morgan fingerprint density at radius 1 is 1.56 bits per heavy atom. The maximum absolute atomic E-state index is 11.9. The Kier molecular flexibility index (Phi) is 3.93. The second-order valence-corrected chi connectivity index (χ2v) is 4.63. The third kappa shape index (κ3) is 2.52. The van der Waals surface area contributed by atoms with Gasteiger partial charge in [-0.1, -0.05) is 6.07 Å². The summed E-state index contributed by atoms with van der Waals surface area (Å²) >= 11 is 0. The van der Waals surface area contributed by atoms with E-state index in [1.165, 1.54) is 0 Å². The van der Waals surface area contributed by atoms with Crippen molar-refractivity contribution in [1.29, 1.82) is 0 Å². The first-order valence-electron chi connectivity index (χ1n) is 6.10. The predicted octanol–water partition coefficient (Wildman–Crippen LogP) is 0.637. The molecule has 0 bridgehead atoms. The lowest BCUT2D eigenvalue weighted by atomic mass is 10.0. The van der Waals surface area contributed by atoms with E-state index in [0.29, 0.717) is 19.6 Å². The number of rotatable bonds is 4. The van der Waals surface area contributed by atoms with Crippen LogP contribution in [0.4, 0.5) is 0 Å². The third-order valence-electron chi connectivity index (χ3n) is 3.28. The topological polar surface area (TPSA) is 68.5 Å². The molecule has 1 aliphatic rings. The number of carbonyl (C=O) groups is 1. The van der Waals surface area contributed by atoms with Crippen molar-refractivity contribution in [1.82, 2.24) is 9.88 Å². The molecular formula is C13H19N3O2. The van der Waals surface area contributed by atoms with Crippen LogP contribution in [0.2, 0.25) is 0 Å². The van der Waals surface area contributed by atoms with E-state index < -0.39 is 0 Å². The average Bonchev–Trinajstić information content (AvgIpc) is 2.62. The highest BCUT2D eigenvalue weighted by atomic mass is 16.5. The number of ether oxygens (including phenoxy) is 1. The van der Waals surface area contributed by atoms with Crippen LogP contribution in [0, 0.1) is 6.92 Å². The van der Waals surface area contributed by atoms with E-state index in [1.54, 1.807) is 18.2 Å². The van der Waals surface area contributed by atoms with Crippen molar-refractivity contribution in [2.24, 2.45) is 5.73 Å². The van der Waals surface area contributed by atoms with E-state index in [4.69, 9.17) is 10.5 Å². The fraction of sp³-hybridized carbons (Fsp3) is 0.538. The number of carbonyl (C=O) groups excluding carboxylic acids is 1. The van der Waals surface area contributed by atoms with E-state index >= 15 is 0 Å². The number of hydrogen-bond acceptors (Lipinski definition) is 4. The molecule has 0 radical (unpaired) electrons. The fourth-order valence-electron chi connectivity index (χ4n) is 2.35. The zero-order chi connectivity index (χ0) is 13.1. The Balaban J connectivity index is 2.22. The van der Waals surface area contributed by atoms with Crippen LogP contribution in [0.15, 0.2) is 18.3 Å². The average molecular weight is 249 g/mol. The number of aryl methyl sites for hydroxylation is 1. The van der Waals surface area contributed by atoms with Gasteiger partial charge in [0, 0.05) is 38.0 Å². The Labute approximate surface area is 107 Å². The van der Waals surface area contributed by atoms with E-state index in [9.17, 15) is 4.79 Å². The minimum Gasteiger partial charge on any atom is -0.383 e. The summed E-state index contributed by atoms with van der Waals surface area (Å²) in [5, 5.41) is 0. The molecular weight excluding hydrogens is 230 g/mol. The van der Waals surface area contributed by atoms with E-state index in [0.717, 1.165) is 11.3 Å². The normalized spacial score (nSPS) is 23.7. The van der Waals surface area contributed by atoms with Gasteiger partial charge in [0.15, 0.2) is 0 Å². The van der Waals surface area contributed by atoms with Crippen LogP contribution in [0.25, 0.3) is 0 Å². The number of likely N-dealkylation sites (tertiary alicyclic amines) is 1. The lowest BCUT2D eigenvalue weighted by Gasteiger charge is -2.26. The number of aromatic nitrogens is 1. The molecule has 18 heavy (non-hydrogen) atoms. The number of pyridine rings is 1. The zero-order valence-corrected chi connectivity index (χ0v) is 10.8. The molecule has 2 atom stereocenters. The largest absolute Gasteiger partial charge is 0.383 e. The van der Waals surface area contributed by atoms with Crippen molar-refractivity contribution in [3.05, 3.63) is 29.6 Å². The monoisotopic (exact) mass is 249 g/mol. The summed E-state index contributed by atoms with van der Waals surface area (Å²) in [6.07, 6.45) is 2.19. The quantitative estimate of drug-likeness (QED) is 0.850. The molecule has 1 fully saturated rings. The molecule has 1 saturated heterocycles. The van der Waals surface area contributed by atoms with Gasteiger partial charge in [-0.15, -0.1) is 0 Å². The maximum Gasteiger partial charge on any atom is 0.224 e. The fourth-order valence-corrected chi connectivity index (χ4v) is 2.35. The number of hydrogen-bond donors (Lipinski definition) is 1. The van der Waals surface area contributed by atoms with Crippen molar-refractivity contribution in [2.45, 2.75) is 25.4 Å². The summed E-state index contributed by atoms with van der Waals surface area (Å²) in [6.45, 7) is 3.03. The lowest BCUT2D eigenvalue weighted by Crippen LogP contribution is -2.35. The molecule has 1 aromatic heterocycles. The van der Waals surface area contributed by atoms with Gasteiger partial charge < -0.3 is 15.4 Å². The van der Waals surface area contributed by atoms with Crippen molar-refractivity contribution in [2.75, 3.05) is 20.3 Å². The van der Waals surface area contributed by atoms with Gasteiger partial charge in [-0.05, 0) is 18.6 Å². The van der Waals surface area contributed by atoms with Crippen LogP contribution in [0.1, 0.15) is 23.7 Å². The van der Waals surface area contributed by atoms with Gasteiger partial charge in [-0.2, -0.15) is 0 Å². The lowest BCUT2D eigenvalue weighted by molar-refractivity contribution is -0.129. The highest BCUT2D eigenvalue weighted by Crippen LogP contribution is 2.31. The van der Waals surface area contributed by atoms with Crippen molar-refractivity contribution >= 4 is 5.91 Å². The molecule has 5 nitrogen and oxygen atoms in total. The SMILES string of the molecule is COCCN1C(=O)CC(N)C1c1ccc(C)nc1. The van der Waals surface area contributed by atoms with Crippen LogP contribution in [0.3, 0.4) is 0 Å². The van der Waals surface area contributed by atoms with Crippen molar-refractivity contribution < 1.29 is 9.53 Å². The number of nitrogens with two attached hydrogens (primary N) is 1. The zero-order valence-electron chi connectivity index (χ0n) is 10.8. The molecule has 98 valence electrons. The van der Waals surface area contributed by atoms with Gasteiger partial charge in [0.1, 0.15) is 0 Å². The molecule has 2 N–H and O–H groups in total. The first-order valence-corrected chi connectivity index (χ1v) is 6.10. The smallest absolute Gasteiger partial charge is 0.224 e. The Morgan fingerprint density at radius 2 is 2.33 bits per heavy atom. The first kappa shape index (κ1) is 13.0. The van der Waals surface area contributed by atoms with Crippen LogP contribution >= 0.6 is 0 Å². The number of methoxy groups -OCH3 is 1. The number of amides is 1. The molecule has 1 aromatic rings. The Hall–Kier alpha value is -1.46. The van der Waals surface area contributed by atoms with E-state index in [1.807, 2.05) is 19.1 Å². The second kappa shape index (κ2) is 5.46. The maximum atomic E-state index is 11.9. The molecule has 2 rings (SSSR count). The molecule has 2 heterocycles. The highest BCUT2D eigenvalue weighted by Gasteiger charge is 2.38. The van der Waals surface area contributed by atoms with Gasteiger partial charge in [-0.25, -0.2) is 0 Å². The molecule has 0 aliphatic carbocycles. The minimum absolute atomic E-state index is 0.0826.